The Morgan fingerprint density at radius 3 is 2.11 bits per heavy atom. The summed E-state index contributed by atoms with van der Waals surface area (Å²) in [6.07, 6.45) is 2.09. The summed E-state index contributed by atoms with van der Waals surface area (Å²) < 4.78 is 6.02. The molecular weight excluding hydrogens is 370 g/mol. The van der Waals surface area contributed by atoms with Gasteiger partial charge in [-0.3, -0.25) is 9.59 Å². The summed E-state index contributed by atoms with van der Waals surface area (Å²) in [5, 5.41) is 20.0. The number of hydrogen-bond acceptors (Lipinski definition) is 4. The van der Waals surface area contributed by atoms with Crippen molar-refractivity contribution in [2.75, 3.05) is 19.7 Å². The van der Waals surface area contributed by atoms with E-state index in [-0.39, 0.29) is 18.9 Å². The predicted molar refractivity (Wildman–Crippen MR) is 105 cm³/mol. The summed E-state index contributed by atoms with van der Waals surface area (Å²) in [6, 6.07) is 8.11. The molecule has 152 valence electrons. The number of hydrogen-bond donors (Lipinski definition) is 3. The minimum absolute atomic E-state index is 0.186. The van der Waals surface area contributed by atoms with E-state index in [1.54, 1.807) is 0 Å². The molecule has 0 spiro atoms. The molecule has 0 radical (unpaired) electrons. The Morgan fingerprint density at radius 1 is 1.15 bits per heavy atom. The van der Waals surface area contributed by atoms with E-state index < -0.39 is 11.9 Å². The Hall–Kier alpha value is -1.63. The van der Waals surface area contributed by atoms with E-state index in [2.05, 4.69) is 31.3 Å². The Labute approximate surface area is 165 Å². The Balaban J connectivity index is 0.000000387. The van der Waals surface area contributed by atoms with E-state index in [9.17, 15) is 9.59 Å². The molecule has 1 aromatic rings. The molecule has 1 fully saturated rings. The van der Waals surface area contributed by atoms with Crippen LogP contribution in [0.2, 0.25) is 5.02 Å². The van der Waals surface area contributed by atoms with Crippen LogP contribution < -0.4 is 5.32 Å². The first-order chi connectivity index (χ1) is 12.8. The zero-order chi connectivity index (χ0) is 20.2. The van der Waals surface area contributed by atoms with Crippen LogP contribution in [0.1, 0.15) is 51.2 Å². The van der Waals surface area contributed by atoms with Crippen LogP contribution in [0.3, 0.4) is 0 Å². The highest BCUT2D eigenvalue weighted by Gasteiger charge is 2.28. The first-order valence-electron chi connectivity index (χ1n) is 9.36. The number of benzene rings is 1. The number of aliphatic carboxylic acids is 2. The lowest BCUT2D eigenvalue weighted by Gasteiger charge is -2.34. The fourth-order valence-electron chi connectivity index (χ4n) is 3.21. The van der Waals surface area contributed by atoms with Gasteiger partial charge in [0.05, 0.1) is 18.9 Å². The van der Waals surface area contributed by atoms with Crippen molar-refractivity contribution in [3.8, 4) is 0 Å². The lowest BCUT2D eigenvalue weighted by atomic mass is 9.80. The first kappa shape index (κ1) is 23.4. The van der Waals surface area contributed by atoms with Crippen LogP contribution in [0.5, 0.6) is 0 Å². The van der Waals surface area contributed by atoms with Gasteiger partial charge < -0.3 is 20.3 Å². The van der Waals surface area contributed by atoms with Gasteiger partial charge in [-0.15, -0.1) is 0 Å². The molecule has 0 saturated carbocycles. The number of carboxylic acid groups (broad SMARTS) is 2. The van der Waals surface area contributed by atoms with Crippen molar-refractivity contribution in [3.63, 3.8) is 0 Å². The van der Waals surface area contributed by atoms with Crippen molar-refractivity contribution >= 4 is 23.5 Å². The number of nitrogens with one attached hydrogen (secondary N) is 1. The quantitative estimate of drug-likeness (QED) is 0.611. The lowest BCUT2D eigenvalue weighted by Crippen LogP contribution is -2.33. The number of carbonyl (C=O) groups is 2. The molecule has 6 nitrogen and oxygen atoms in total. The maximum atomic E-state index is 9.64. The average Bonchev–Trinajstić information content (AvgIpc) is 2.66. The molecule has 0 aliphatic carbocycles. The highest BCUT2D eigenvalue weighted by atomic mass is 35.5. The fraction of sp³-hybridized carbons (Fsp3) is 0.600. The number of ether oxygens (including phenoxy) is 1. The van der Waals surface area contributed by atoms with Crippen LogP contribution >= 0.6 is 11.6 Å². The van der Waals surface area contributed by atoms with Gasteiger partial charge in [0.15, 0.2) is 0 Å². The van der Waals surface area contributed by atoms with Crippen LogP contribution in [-0.4, -0.2) is 41.8 Å². The second kappa shape index (κ2) is 12.7. The smallest absolute Gasteiger partial charge is 0.303 e. The van der Waals surface area contributed by atoms with E-state index in [4.69, 9.17) is 26.6 Å². The molecule has 3 N–H and O–H groups in total. The second-order valence-corrected chi connectivity index (χ2v) is 7.10. The maximum absolute atomic E-state index is 9.64. The molecule has 0 aromatic heterocycles. The summed E-state index contributed by atoms with van der Waals surface area (Å²) in [7, 11) is 0. The topological polar surface area (TPSA) is 95.9 Å². The average molecular weight is 400 g/mol. The van der Waals surface area contributed by atoms with Crippen LogP contribution in [0.15, 0.2) is 24.3 Å². The Bertz CT molecular complexity index is 558. The second-order valence-electron chi connectivity index (χ2n) is 6.66. The molecule has 7 heteroatoms. The standard InChI is InChI=1S/C16H24ClNO.C4H6O4/c1-3-19-16(14-4-6-15(17)7-5-14)12(2)13-8-10-18-11-9-13;5-3(6)1-2-4(7)8/h4-7,12-13,16,18H,3,8-11H2,1-2H3;1-2H2,(H,5,6)(H,7,8). The zero-order valence-electron chi connectivity index (χ0n) is 16.0. The lowest BCUT2D eigenvalue weighted by molar-refractivity contribution is -0.143. The van der Waals surface area contributed by atoms with Gasteiger partial charge in [-0.1, -0.05) is 30.7 Å². The van der Waals surface area contributed by atoms with Gasteiger partial charge in [-0.2, -0.15) is 0 Å². The number of rotatable bonds is 8. The molecule has 0 bridgehead atoms. The number of halogens is 1. The maximum Gasteiger partial charge on any atom is 0.303 e. The van der Waals surface area contributed by atoms with E-state index in [1.807, 2.05) is 12.1 Å². The van der Waals surface area contributed by atoms with E-state index in [0.717, 1.165) is 30.6 Å². The van der Waals surface area contributed by atoms with Gasteiger partial charge in [0.2, 0.25) is 0 Å². The van der Waals surface area contributed by atoms with Gasteiger partial charge in [-0.05, 0) is 62.4 Å². The monoisotopic (exact) mass is 399 g/mol. The van der Waals surface area contributed by atoms with E-state index in [0.29, 0.717) is 5.92 Å². The summed E-state index contributed by atoms with van der Waals surface area (Å²) in [4.78, 5) is 19.3. The molecular formula is C20H30ClNO5. The Kier molecular flexibility index (Phi) is 11.0. The SMILES string of the molecule is CCOC(c1ccc(Cl)cc1)C(C)C1CCNCC1.O=C(O)CCC(=O)O. The molecule has 2 unspecified atom stereocenters. The van der Waals surface area contributed by atoms with Crippen LogP contribution in [0.4, 0.5) is 0 Å². The highest BCUT2D eigenvalue weighted by Crippen LogP contribution is 2.35. The number of carboxylic acids is 2. The van der Waals surface area contributed by atoms with Gasteiger partial charge in [0, 0.05) is 11.6 Å². The third-order valence-corrected chi connectivity index (χ3v) is 4.95. The van der Waals surface area contributed by atoms with Crippen molar-refractivity contribution in [3.05, 3.63) is 34.9 Å². The van der Waals surface area contributed by atoms with Gasteiger partial charge in [0.25, 0.3) is 0 Å². The van der Waals surface area contributed by atoms with Crippen LogP contribution in [0, 0.1) is 11.8 Å². The summed E-state index contributed by atoms with van der Waals surface area (Å²) in [6.45, 7) is 7.41. The predicted octanol–water partition coefficient (Wildman–Crippen LogP) is 3.99. The summed E-state index contributed by atoms with van der Waals surface area (Å²) in [5.41, 5.74) is 1.25. The van der Waals surface area contributed by atoms with Gasteiger partial charge in [0.1, 0.15) is 0 Å². The summed E-state index contributed by atoms with van der Waals surface area (Å²) >= 11 is 5.97. The fourth-order valence-corrected chi connectivity index (χ4v) is 3.34. The van der Waals surface area contributed by atoms with E-state index in [1.165, 1.54) is 18.4 Å². The molecule has 1 heterocycles. The molecule has 27 heavy (non-hydrogen) atoms. The van der Waals surface area contributed by atoms with Crippen molar-refractivity contribution in [2.45, 2.75) is 45.6 Å². The molecule has 1 aliphatic heterocycles. The number of piperidine rings is 1. The van der Waals surface area contributed by atoms with Crippen molar-refractivity contribution in [1.82, 2.24) is 5.32 Å². The summed E-state index contributed by atoms with van der Waals surface area (Å²) in [5.74, 6) is -0.864. The molecule has 1 aliphatic rings. The van der Waals surface area contributed by atoms with Crippen molar-refractivity contribution in [2.24, 2.45) is 11.8 Å². The minimum atomic E-state index is -1.08. The minimum Gasteiger partial charge on any atom is -0.481 e. The van der Waals surface area contributed by atoms with Gasteiger partial charge >= 0.3 is 11.9 Å². The van der Waals surface area contributed by atoms with Crippen LogP contribution in [0.25, 0.3) is 0 Å². The normalized spacial score (nSPS) is 16.7. The molecule has 2 rings (SSSR count). The Morgan fingerprint density at radius 2 is 1.67 bits per heavy atom. The largest absolute Gasteiger partial charge is 0.481 e. The third kappa shape index (κ3) is 9.22. The third-order valence-electron chi connectivity index (χ3n) is 4.70. The molecule has 1 aromatic carbocycles. The first-order valence-corrected chi connectivity index (χ1v) is 9.74. The zero-order valence-corrected chi connectivity index (χ0v) is 16.7. The molecule has 2 atom stereocenters. The van der Waals surface area contributed by atoms with E-state index >= 15 is 0 Å². The van der Waals surface area contributed by atoms with Crippen LogP contribution in [-0.2, 0) is 14.3 Å². The molecule has 0 amide bonds. The van der Waals surface area contributed by atoms with Crippen molar-refractivity contribution in [1.29, 1.82) is 0 Å². The highest BCUT2D eigenvalue weighted by molar-refractivity contribution is 6.30. The van der Waals surface area contributed by atoms with Crippen molar-refractivity contribution < 1.29 is 24.5 Å². The van der Waals surface area contributed by atoms with Gasteiger partial charge in [-0.25, -0.2) is 0 Å². The molecule has 1 saturated heterocycles.